The van der Waals surface area contributed by atoms with E-state index in [1.54, 1.807) is 0 Å². The van der Waals surface area contributed by atoms with Crippen molar-refractivity contribution in [3.05, 3.63) is 87.8 Å². The van der Waals surface area contributed by atoms with Crippen molar-refractivity contribution in [3.8, 4) is 0 Å². The van der Waals surface area contributed by atoms with Gasteiger partial charge in [0.2, 0.25) is 0 Å². The third-order valence-corrected chi connectivity index (χ3v) is 12.6. The Labute approximate surface area is 253 Å². The van der Waals surface area contributed by atoms with Crippen LogP contribution in [0.5, 0.6) is 0 Å². The monoisotopic (exact) mass is 751 g/mol. The Morgan fingerprint density at radius 3 is 2.59 bits per heavy atom. The van der Waals surface area contributed by atoms with E-state index in [-0.39, 0.29) is 26.5 Å². The molecular formula is C32H37I2N2O3-. The molecule has 5 nitrogen and oxygen atoms in total. The zero-order chi connectivity index (χ0) is 27.3. The van der Waals surface area contributed by atoms with Crippen LogP contribution in [0.2, 0.25) is 0 Å². The number of alkyl halides is 2. The molecule has 0 bridgehead atoms. The molecule has 0 amide bonds. The molecule has 1 aliphatic carbocycles. The molecule has 0 saturated carbocycles. The van der Waals surface area contributed by atoms with Gasteiger partial charge in [-0.3, -0.25) is 0 Å². The Balaban J connectivity index is 1.37. The second-order valence-electron chi connectivity index (χ2n) is 12.8. The zero-order valence-corrected chi connectivity index (χ0v) is 27.6. The molecule has 0 fully saturated rings. The van der Waals surface area contributed by atoms with Crippen LogP contribution in [0.15, 0.2) is 76.7 Å². The molecule has 5 aliphatic heterocycles. The van der Waals surface area contributed by atoms with Crippen LogP contribution >= 0.6 is 0 Å². The van der Waals surface area contributed by atoms with Crippen molar-refractivity contribution in [1.29, 1.82) is 0 Å². The van der Waals surface area contributed by atoms with Gasteiger partial charge in [-0.25, -0.2) is 0 Å². The maximum absolute atomic E-state index is 10.1. The second kappa shape index (κ2) is 9.11. The first-order valence-corrected chi connectivity index (χ1v) is 18.5. The van der Waals surface area contributed by atoms with Gasteiger partial charge in [0.1, 0.15) is 0 Å². The third-order valence-electron chi connectivity index (χ3n) is 9.64. The number of nitrogens with zero attached hydrogens (tertiary/aromatic N) is 2. The molecule has 6 aliphatic rings. The van der Waals surface area contributed by atoms with Gasteiger partial charge in [0.15, 0.2) is 0 Å². The fraction of sp³-hybridized carbons (Fsp3) is 0.469. The number of halogens is 2. The van der Waals surface area contributed by atoms with E-state index in [1.165, 1.54) is 50.6 Å². The molecule has 2 N–H and O–H groups in total. The molecule has 0 spiro atoms. The molecule has 5 heterocycles. The molecule has 3 unspecified atom stereocenters. The molecule has 39 heavy (non-hydrogen) atoms. The summed E-state index contributed by atoms with van der Waals surface area (Å²) in [4.78, 5) is 2.54. The van der Waals surface area contributed by atoms with E-state index in [1.807, 2.05) is 0 Å². The van der Waals surface area contributed by atoms with E-state index in [9.17, 15) is 6.87 Å². The number of fused-ring (bicyclic) bond motifs is 7. The number of benzene rings is 1. The van der Waals surface area contributed by atoms with Gasteiger partial charge in [0, 0.05) is 0 Å². The van der Waals surface area contributed by atoms with Crippen molar-refractivity contribution in [2.45, 2.75) is 72.9 Å². The van der Waals surface area contributed by atoms with E-state index in [0.29, 0.717) is 0 Å². The van der Waals surface area contributed by atoms with Gasteiger partial charge in [-0.05, 0) is 0 Å². The minimum absolute atomic E-state index is 0.122. The van der Waals surface area contributed by atoms with E-state index in [0.717, 1.165) is 30.4 Å². The van der Waals surface area contributed by atoms with Crippen molar-refractivity contribution >= 4 is 11.4 Å². The summed E-state index contributed by atoms with van der Waals surface area (Å²) in [6, 6.07) is 6.82. The van der Waals surface area contributed by atoms with Crippen molar-refractivity contribution in [1.82, 2.24) is 0 Å². The first-order valence-electron chi connectivity index (χ1n) is 13.9. The Bertz CT molecular complexity index is 1480. The van der Waals surface area contributed by atoms with Crippen LogP contribution < -0.4 is 48.1 Å². The standard InChI is InChI=1S/C32H37I2N2O3/c1-30(2)22-8-12-32(5,34-38)13-9-25(22)36-15-11-26-20(28(30)36)17-21-27(39-26)10-14-35-24-7-6-19(18-33-37)16-23(24)31(3,4)29(21)35/h6-9,12-13,16-17,26-27,37-38H,10-11,14-15,18H2,1-5H3/q-1. The second-order valence-corrected chi connectivity index (χ2v) is 17.1. The number of rotatable bonds is 3. The quantitative estimate of drug-likeness (QED) is 0.229. The molecule has 7 heteroatoms. The normalized spacial score (nSPS) is 31.6. The first kappa shape index (κ1) is 26.6. The molecule has 208 valence electrons. The van der Waals surface area contributed by atoms with E-state index >= 15 is 0 Å². The summed E-state index contributed by atoms with van der Waals surface area (Å²) < 4.78 is 29.9. The average Bonchev–Trinajstić information content (AvgIpc) is 3.17. The van der Waals surface area contributed by atoms with Crippen LogP contribution in [-0.4, -0.2) is 45.9 Å². The zero-order valence-electron chi connectivity index (χ0n) is 23.3. The Morgan fingerprint density at radius 2 is 1.82 bits per heavy atom. The number of ether oxygens (including phenoxy) is 1. The van der Waals surface area contributed by atoms with Crippen molar-refractivity contribution in [2.24, 2.45) is 5.41 Å². The summed E-state index contributed by atoms with van der Waals surface area (Å²) in [6.07, 6.45) is 13.8. The van der Waals surface area contributed by atoms with Gasteiger partial charge in [-0.15, -0.1) is 0 Å². The van der Waals surface area contributed by atoms with Crippen LogP contribution in [0.3, 0.4) is 0 Å². The molecule has 1 aromatic rings. The molecular weight excluding hydrogens is 714 g/mol. The topological polar surface area (TPSA) is 55.9 Å². The summed E-state index contributed by atoms with van der Waals surface area (Å²) in [5.41, 5.74) is 11.8. The summed E-state index contributed by atoms with van der Waals surface area (Å²) >= 11 is -1.69. The number of anilines is 1. The van der Waals surface area contributed by atoms with Crippen LogP contribution in [-0.2, 0) is 14.6 Å². The van der Waals surface area contributed by atoms with E-state index in [2.05, 4.69) is 92.7 Å². The van der Waals surface area contributed by atoms with Crippen LogP contribution in [0.4, 0.5) is 5.69 Å². The molecule has 0 aromatic heterocycles. The molecule has 0 saturated heterocycles. The fourth-order valence-corrected chi connectivity index (χ4v) is 9.31. The predicted molar refractivity (Wildman–Crippen MR) is 146 cm³/mol. The van der Waals surface area contributed by atoms with E-state index < -0.39 is 43.2 Å². The van der Waals surface area contributed by atoms with Gasteiger partial charge in [-0.1, -0.05) is 0 Å². The van der Waals surface area contributed by atoms with Gasteiger partial charge >= 0.3 is 255 Å². The van der Waals surface area contributed by atoms with Gasteiger partial charge in [-0.2, -0.15) is 0 Å². The number of hydrogen-bond acceptors (Lipinski definition) is 4. The molecule has 0 radical (unpaired) electrons. The van der Waals surface area contributed by atoms with Crippen molar-refractivity contribution in [2.75, 3.05) is 18.0 Å². The summed E-state index contributed by atoms with van der Waals surface area (Å²) in [5, 5.41) is 0. The van der Waals surface area contributed by atoms with Crippen molar-refractivity contribution in [3.63, 3.8) is 0 Å². The third kappa shape index (κ3) is 3.82. The number of allylic oxidation sites excluding steroid dienone is 6. The van der Waals surface area contributed by atoms with Crippen LogP contribution in [0.1, 0.15) is 58.6 Å². The Kier molecular flexibility index (Phi) is 6.22. The number of hydrogen-bond donors (Lipinski definition) is 2. The van der Waals surface area contributed by atoms with Crippen molar-refractivity contribution < 1.29 is 59.4 Å². The van der Waals surface area contributed by atoms with Crippen LogP contribution in [0.25, 0.3) is 0 Å². The summed E-state index contributed by atoms with van der Waals surface area (Å²) in [5.74, 6) is 0. The predicted octanol–water partition coefficient (Wildman–Crippen LogP) is -1.34. The SMILES string of the molecule is CC1([I-]O)C=CC2=C(C=C1)C(C)(C)C1=[N+]2CCC2OC3CCN4C(=C3C=C12)C(C)(C)c1cc(C[I-]O)ccc14. The maximum atomic E-state index is 10.1. The average molecular weight is 751 g/mol. The van der Waals surface area contributed by atoms with Gasteiger partial charge in [0.25, 0.3) is 0 Å². The van der Waals surface area contributed by atoms with Gasteiger partial charge < -0.3 is 0 Å². The fourth-order valence-electron chi connectivity index (χ4n) is 7.76. The van der Waals surface area contributed by atoms with E-state index in [4.69, 9.17) is 4.74 Å². The molecule has 3 atom stereocenters. The summed E-state index contributed by atoms with van der Waals surface area (Å²) in [6.45, 7) is 13.5. The molecule has 1 aromatic carbocycles. The van der Waals surface area contributed by atoms with Gasteiger partial charge in [0.05, 0.1) is 0 Å². The summed E-state index contributed by atoms with van der Waals surface area (Å²) in [7, 11) is 0. The Hall–Kier alpha value is -1.27. The van der Waals surface area contributed by atoms with Crippen LogP contribution in [0, 0.1) is 5.41 Å². The first-order chi connectivity index (χ1) is 18.6. The Morgan fingerprint density at radius 1 is 1.03 bits per heavy atom. The minimum atomic E-state index is -0.927. The molecule has 7 rings (SSSR count).